The van der Waals surface area contributed by atoms with Crippen molar-refractivity contribution in [3.8, 4) is 0 Å². The lowest BCUT2D eigenvalue weighted by Crippen LogP contribution is -2.39. The third kappa shape index (κ3) is 5.00. The molecule has 0 saturated heterocycles. The Labute approximate surface area is 115 Å². The first-order valence-corrected chi connectivity index (χ1v) is 6.22. The van der Waals surface area contributed by atoms with Crippen molar-refractivity contribution in [3.05, 3.63) is 22.4 Å². The van der Waals surface area contributed by atoms with E-state index in [2.05, 4.69) is 0 Å². The van der Waals surface area contributed by atoms with Gasteiger partial charge in [-0.15, -0.1) is 11.3 Å². The maximum atomic E-state index is 12.2. The summed E-state index contributed by atoms with van der Waals surface area (Å²) < 4.78 is 36.6. The van der Waals surface area contributed by atoms with E-state index in [1.165, 1.54) is 6.07 Å². The zero-order valence-electron chi connectivity index (χ0n) is 9.94. The first-order valence-electron chi connectivity index (χ1n) is 5.34. The van der Waals surface area contributed by atoms with E-state index >= 15 is 0 Å². The SMILES string of the molecule is O=C(O)CC(=O)CC(NC(=O)C(F)(F)F)c1cccs1. The van der Waals surface area contributed by atoms with Crippen LogP contribution in [-0.2, 0) is 14.4 Å². The minimum Gasteiger partial charge on any atom is -0.481 e. The molecule has 0 aliphatic rings. The zero-order chi connectivity index (χ0) is 15.3. The number of rotatable bonds is 6. The van der Waals surface area contributed by atoms with Crippen LogP contribution in [0.1, 0.15) is 23.8 Å². The number of amides is 1. The first-order chi connectivity index (χ1) is 9.20. The number of carbonyl (C=O) groups excluding carboxylic acids is 2. The van der Waals surface area contributed by atoms with Crippen molar-refractivity contribution >= 4 is 29.0 Å². The number of carbonyl (C=O) groups is 3. The molecule has 1 unspecified atom stereocenters. The number of carboxylic acid groups (broad SMARTS) is 1. The molecular weight excluding hydrogens is 299 g/mol. The van der Waals surface area contributed by atoms with Crippen LogP contribution in [0.3, 0.4) is 0 Å². The van der Waals surface area contributed by atoms with Gasteiger partial charge in [0.25, 0.3) is 0 Å². The van der Waals surface area contributed by atoms with Gasteiger partial charge in [-0.25, -0.2) is 0 Å². The Kier molecular flexibility index (Phi) is 5.26. The van der Waals surface area contributed by atoms with Crippen molar-refractivity contribution in [2.45, 2.75) is 25.1 Å². The van der Waals surface area contributed by atoms with E-state index in [1.807, 2.05) is 0 Å². The van der Waals surface area contributed by atoms with E-state index < -0.39 is 42.7 Å². The van der Waals surface area contributed by atoms with Gasteiger partial charge < -0.3 is 10.4 Å². The summed E-state index contributed by atoms with van der Waals surface area (Å²) in [6.45, 7) is 0. The topological polar surface area (TPSA) is 83.5 Å². The van der Waals surface area contributed by atoms with Gasteiger partial charge in [0.1, 0.15) is 12.2 Å². The van der Waals surface area contributed by atoms with Gasteiger partial charge in [-0.1, -0.05) is 6.07 Å². The fourth-order valence-corrected chi connectivity index (χ4v) is 2.20. The van der Waals surface area contributed by atoms with Crippen LogP contribution in [0.4, 0.5) is 13.2 Å². The average molecular weight is 309 g/mol. The monoisotopic (exact) mass is 309 g/mol. The van der Waals surface area contributed by atoms with E-state index in [0.29, 0.717) is 4.88 Å². The molecule has 0 fully saturated rings. The second-order valence-electron chi connectivity index (χ2n) is 3.85. The van der Waals surface area contributed by atoms with E-state index in [0.717, 1.165) is 11.3 Å². The summed E-state index contributed by atoms with van der Waals surface area (Å²) in [4.78, 5) is 33.0. The second-order valence-corrected chi connectivity index (χ2v) is 4.83. The van der Waals surface area contributed by atoms with Gasteiger partial charge in [0.15, 0.2) is 0 Å². The Morgan fingerprint density at radius 1 is 1.35 bits per heavy atom. The molecule has 5 nitrogen and oxygen atoms in total. The lowest BCUT2D eigenvalue weighted by molar-refractivity contribution is -0.174. The molecule has 0 saturated carbocycles. The summed E-state index contributed by atoms with van der Waals surface area (Å²) in [5.41, 5.74) is 0. The number of Topliss-reactive ketones (excluding diaryl/α,β-unsaturated/α-hetero) is 1. The van der Waals surface area contributed by atoms with Crippen molar-refractivity contribution < 1.29 is 32.7 Å². The summed E-state index contributed by atoms with van der Waals surface area (Å²) in [7, 11) is 0. The Balaban J connectivity index is 2.80. The molecule has 0 aromatic carbocycles. The fraction of sp³-hybridized carbons (Fsp3) is 0.364. The quantitative estimate of drug-likeness (QED) is 0.786. The number of aliphatic carboxylic acids is 1. The van der Waals surface area contributed by atoms with Gasteiger partial charge in [0.05, 0.1) is 6.04 Å². The summed E-state index contributed by atoms with van der Waals surface area (Å²) in [5.74, 6) is -4.31. The molecule has 0 aliphatic carbocycles. The molecule has 0 bridgehead atoms. The molecule has 1 amide bonds. The van der Waals surface area contributed by atoms with Gasteiger partial charge >= 0.3 is 18.1 Å². The summed E-state index contributed by atoms with van der Waals surface area (Å²) in [6, 6.07) is 1.82. The number of alkyl halides is 3. The molecule has 20 heavy (non-hydrogen) atoms. The molecule has 0 spiro atoms. The normalized spacial score (nSPS) is 12.8. The van der Waals surface area contributed by atoms with Gasteiger partial charge in [0, 0.05) is 11.3 Å². The van der Waals surface area contributed by atoms with E-state index in [4.69, 9.17) is 5.11 Å². The highest BCUT2D eigenvalue weighted by atomic mass is 32.1. The van der Waals surface area contributed by atoms with E-state index in [-0.39, 0.29) is 0 Å². The van der Waals surface area contributed by atoms with Crippen LogP contribution in [0, 0.1) is 0 Å². The van der Waals surface area contributed by atoms with Crippen LogP contribution < -0.4 is 5.32 Å². The maximum absolute atomic E-state index is 12.2. The Hall–Kier alpha value is -1.90. The van der Waals surface area contributed by atoms with Gasteiger partial charge in [-0.3, -0.25) is 14.4 Å². The number of halogens is 3. The van der Waals surface area contributed by atoms with Crippen molar-refractivity contribution in [2.24, 2.45) is 0 Å². The molecular formula is C11H10F3NO4S. The molecule has 1 aromatic rings. The smallest absolute Gasteiger partial charge is 0.471 e. The largest absolute Gasteiger partial charge is 0.481 e. The van der Waals surface area contributed by atoms with Crippen molar-refractivity contribution in [2.75, 3.05) is 0 Å². The number of nitrogens with one attached hydrogen (secondary N) is 1. The maximum Gasteiger partial charge on any atom is 0.471 e. The highest BCUT2D eigenvalue weighted by Crippen LogP contribution is 2.25. The third-order valence-electron chi connectivity index (χ3n) is 2.23. The highest BCUT2D eigenvalue weighted by Gasteiger charge is 2.40. The predicted octanol–water partition coefficient (Wildman–Crippen LogP) is 1.90. The molecule has 1 aromatic heterocycles. The highest BCUT2D eigenvalue weighted by molar-refractivity contribution is 7.10. The molecule has 2 N–H and O–H groups in total. The molecule has 0 aliphatic heterocycles. The Bertz CT molecular complexity index is 498. The Morgan fingerprint density at radius 3 is 2.45 bits per heavy atom. The van der Waals surface area contributed by atoms with Crippen LogP contribution in [0.25, 0.3) is 0 Å². The number of carboxylic acids is 1. The third-order valence-corrected chi connectivity index (χ3v) is 3.22. The van der Waals surface area contributed by atoms with Gasteiger partial charge in [-0.05, 0) is 11.4 Å². The minimum absolute atomic E-state index is 0.348. The minimum atomic E-state index is -5.06. The standard InChI is InChI=1S/C11H10F3NO4S/c12-11(13,14)10(19)15-7(8-2-1-3-20-8)4-6(16)5-9(17)18/h1-3,7H,4-5H2,(H,15,19)(H,17,18). The molecule has 0 radical (unpaired) electrons. The molecule has 1 heterocycles. The molecule has 110 valence electrons. The fourth-order valence-electron chi connectivity index (χ4n) is 1.42. The van der Waals surface area contributed by atoms with Crippen molar-refractivity contribution in [1.82, 2.24) is 5.32 Å². The van der Waals surface area contributed by atoms with Crippen molar-refractivity contribution in [1.29, 1.82) is 0 Å². The number of ketones is 1. The van der Waals surface area contributed by atoms with Crippen LogP contribution >= 0.6 is 11.3 Å². The van der Waals surface area contributed by atoms with Crippen LogP contribution in [0.15, 0.2) is 17.5 Å². The summed E-state index contributed by atoms with van der Waals surface area (Å²) >= 11 is 1.06. The van der Waals surface area contributed by atoms with Crippen LogP contribution in [0.2, 0.25) is 0 Å². The molecule has 1 atom stereocenters. The lowest BCUT2D eigenvalue weighted by atomic mass is 10.1. The number of hydrogen-bond donors (Lipinski definition) is 2. The number of thiophene rings is 1. The summed E-state index contributed by atoms with van der Waals surface area (Å²) in [5, 5.41) is 11.7. The van der Waals surface area contributed by atoms with E-state index in [1.54, 1.807) is 16.8 Å². The zero-order valence-corrected chi connectivity index (χ0v) is 10.8. The van der Waals surface area contributed by atoms with Crippen LogP contribution in [-0.4, -0.2) is 28.9 Å². The first kappa shape index (κ1) is 16.2. The van der Waals surface area contributed by atoms with E-state index in [9.17, 15) is 27.6 Å². The van der Waals surface area contributed by atoms with Gasteiger partial charge in [-0.2, -0.15) is 13.2 Å². The van der Waals surface area contributed by atoms with Crippen molar-refractivity contribution in [3.63, 3.8) is 0 Å². The second kappa shape index (κ2) is 6.51. The predicted molar refractivity (Wildman–Crippen MR) is 63.1 cm³/mol. The van der Waals surface area contributed by atoms with Gasteiger partial charge in [0.2, 0.25) is 0 Å². The van der Waals surface area contributed by atoms with Crippen LogP contribution in [0.5, 0.6) is 0 Å². The molecule has 1 rings (SSSR count). The number of hydrogen-bond acceptors (Lipinski definition) is 4. The lowest BCUT2D eigenvalue weighted by Gasteiger charge is -2.17. The average Bonchev–Trinajstić information content (AvgIpc) is 2.78. The molecule has 9 heteroatoms. The Morgan fingerprint density at radius 2 is 2.00 bits per heavy atom. The summed E-state index contributed by atoms with van der Waals surface area (Å²) in [6.07, 6.45) is -6.37.